The average Bonchev–Trinajstić information content (AvgIpc) is 2.47. The van der Waals surface area contributed by atoms with Gasteiger partial charge in [-0.1, -0.05) is 0 Å². The first-order chi connectivity index (χ1) is 9.70. The van der Waals surface area contributed by atoms with Crippen LogP contribution < -0.4 is 10.2 Å². The van der Waals surface area contributed by atoms with Crippen molar-refractivity contribution in [2.24, 2.45) is 0 Å². The number of anilines is 1. The third kappa shape index (κ3) is 3.88. The lowest BCUT2D eigenvalue weighted by atomic mass is 10.3. The molecular weight excluding hydrogens is 260 g/mol. The lowest BCUT2D eigenvalue weighted by molar-refractivity contribution is 0.0931. The number of nitrogens with one attached hydrogen (secondary N) is 1. The predicted molar refractivity (Wildman–Crippen MR) is 74.0 cm³/mol. The molecule has 0 unspecified atom stereocenters. The van der Waals surface area contributed by atoms with E-state index in [2.05, 4.69) is 20.2 Å². The summed E-state index contributed by atoms with van der Waals surface area (Å²) in [5.74, 6) is 1.16. The molecule has 1 N–H and O–H groups in total. The number of aromatic nitrogens is 2. The number of hydrogen-bond acceptors (Lipinski definition) is 6. The zero-order chi connectivity index (χ0) is 14.4. The van der Waals surface area contributed by atoms with Crippen LogP contribution in [0.5, 0.6) is 0 Å². The highest BCUT2D eigenvalue weighted by molar-refractivity contribution is 5.92. The van der Waals surface area contributed by atoms with Gasteiger partial charge < -0.3 is 19.7 Å². The van der Waals surface area contributed by atoms with Crippen LogP contribution in [0.25, 0.3) is 0 Å². The second-order valence-corrected chi connectivity index (χ2v) is 4.51. The van der Waals surface area contributed by atoms with Crippen LogP contribution in [0.2, 0.25) is 0 Å². The summed E-state index contributed by atoms with van der Waals surface area (Å²) in [5.41, 5.74) is 0.384. The number of carbonyl (C=O) groups is 1. The van der Waals surface area contributed by atoms with Crippen LogP contribution >= 0.6 is 0 Å². The maximum atomic E-state index is 12.0. The van der Waals surface area contributed by atoms with Gasteiger partial charge in [-0.3, -0.25) is 4.79 Å². The van der Waals surface area contributed by atoms with E-state index in [0.29, 0.717) is 37.9 Å². The summed E-state index contributed by atoms with van der Waals surface area (Å²) in [4.78, 5) is 22.7. The smallest absolute Gasteiger partial charge is 0.270 e. The van der Waals surface area contributed by atoms with E-state index in [1.807, 2.05) is 0 Å². The minimum Gasteiger partial charge on any atom is -0.383 e. The second-order valence-electron chi connectivity index (χ2n) is 4.51. The molecule has 1 aliphatic heterocycles. The molecule has 1 amide bonds. The van der Waals surface area contributed by atoms with Crippen LogP contribution in [0, 0.1) is 6.92 Å². The van der Waals surface area contributed by atoms with Gasteiger partial charge in [-0.05, 0) is 6.92 Å². The van der Waals surface area contributed by atoms with Crippen molar-refractivity contribution >= 4 is 11.7 Å². The van der Waals surface area contributed by atoms with Gasteiger partial charge in [0.05, 0.1) is 19.8 Å². The number of nitrogens with zero attached hydrogens (tertiary/aromatic N) is 3. The van der Waals surface area contributed by atoms with Crippen LogP contribution in [0.15, 0.2) is 6.07 Å². The van der Waals surface area contributed by atoms with Crippen LogP contribution in [-0.4, -0.2) is 62.4 Å². The van der Waals surface area contributed by atoms with Crippen molar-refractivity contribution in [2.45, 2.75) is 6.92 Å². The van der Waals surface area contributed by atoms with Gasteiger partial charge in [-0.2, -0.15) is 0 Å². The van der Waals surface area contributed by atoms with Crippen molar-refractivity contribution in [2.75, 3.05) is 51.5 Å². The molecule has 1 saturated heterocycles. The van der Waals surface area contributed by atoms with Crippen molar-refractivity contribution in [1.82, 2.24) is 15.3 Å². The van der Waals surface area contributed by atoms with Gasteiger partial charge in [-0.15, -0.1) is 0 Å². The Morgan fingerprint density at radius 3 is 2.90 bits per heavy atom. The Morgan fingerprint density at radius 1 is 1.45 bits per heavy atom. The van der Waals surface area contributed by atoms with Crippen LogP contribution in [0.3, 0.4) is 0 Å². The van der Waals surface area contributed by atoms with Crippen molar-refractivity contribution in [3.8, 4) is 0 Å². The molecule has 0 radical (unpaired) electrons. The second kappa shape index (κ2) is 7.16. The molecule has 1 fully saturated rings. The number of morpholine rings is 1. The van der Waals surface area contributed by atoms with Crippen LogP contribution in [0.4, 0.5) is 5.82 Å². The Bertz CT molecular complexity index is 461. The number of methoxy groups -OCH3 is 1. The normalized spacial score (nSPS) is 15.2. The van der Waals surface area contributed by atoms with E-state index >= 15 is 0 Å². The highest BCUT2D eigenvalue weighted by atomic mass is 16.5. The lowest BCUT2D eigenvalue weighted by Gasteiger charge is -2.28. The van der Waals surface area contributed by atoms with Crippen LogP contribution in [-0.2, 0) is 9.47 Å². The molecule has 2 rings (SSSR count). The number of rotatable bonds is 5. The molecule has 1 aliphatic rings. The summed E-state index contributed by atoms with van der Waals surface area (Å²) < 4.78 is 10.2. The van der Waals surface area contributed by atoms with E-state index < -0.39 is 0 Å². The topological polar surface area (TPSA) is 76.6 Å². The molecule has 1 aromatic heterocycles. The monoisotopic (exact) mass is 280 g/mol. The lowest BCUT2D eigenvalue weighted by Crippen LogP contribution is -2.37. The SMILES string of the molecule is COCCNC(=O)c1cc(N2CCOCC2)nc(C)n1. The fourth-order valence-corrected chi connectivity index (χ4v) is 1.98. The molecule has 7 heteroatoms. The first-order valence-corrected chi connectivity index (χ1v) is 6.66. The summed E-state index contributed by atoms with van der Waals surface area (Å²) in [5, 5.41) is 2.76. The van der Waals surface area contributed by atoms with E-state index in [9.17, 15) is 4.79 Å². The van der Waals surface area contributed by atoms with E-state index in [4.69, 9.17) is 9.47 Å². The van der Waals surface area contributed by atoms with Gasteiger partial charge in [0.25, 0.3) is 5.91 Å². The highest BCUT2D eigenvalue weighted by Gasteiger charge is 2.16. The molecule has 0 spiro atoms. The molecule has 0 aromatic carbocycles. The van der Waals surface area contributed by atoms with Crippen molar-refractivity contribution in [3.63, 3.8) is 0 Å². The van der Waals surface area contributed by atoms with Gasteiger partial charge in [0.15, 0.2) is 0 Å². The third-order valence-corrected chi connectivity index (χ3v) is 2.98. The average molecular weight is 280 g/mol. The van der Waals surface area contributed by atoms with Gasteiger partial charge in [0.2, 0.25) is 0 Å². The molecule has 20 heavy (non-hydrogen) atoms. The summed E-state index contributed by atoms with van der Waals surface area (Å²) >= 11 is 0. The van der Waals surface area contributed by atoms with Gasteiger partial charge in [-0.25, -0.2) is 9.97 Å². The highest BCUT2D eigenvalue weighted by Crippen LogP contribution is 2.14. The Balaban J connectivity index is 2.09. The molecule has 110 valence electrons. The molecule has 1 aromatic rings. The number of hydrogen-bond donors (Lipinski definition) is 1. The molecular formula is C13H20N4O3. The quantitative estimate of drug-likeness (QED) is 0.765. The minimum atomic E-state index is -0.206. The molecule has 7 nitrogen and oxygen atoms in total. The summed E-state index contributed by atoms with van der Waals surface area (Å²) in [6.45, 7) is 5.65. The number of carbonyl (C=O) groups excluding carboxylic acids is 1. The summed E-state index contributed by atoms with van der Waals surface area (Å²) in [6.07, 6.45) is 0. The van der Waals surface area contributed by atoms with E-state index in [-0.39, 0.29) is 5.91 Å². The Hall–Kier alpha value is -1.73. The zero-order valence-electron chi connectivity index (χ0n) is 11.9. The Kier molecular flexibility index (Phi) is 5.25. The largest absolute Gasteiger partial charge is 0.383 e. The van der Waals surface area contributed by atoms with Gasteiger partial charge in [0, 0.05) is 32.8 Å². The Morgan fingerprint density at radius 2 is 2.20 bits per heavy atom. The van der Waals surface area contributed by atoms with Crippen molar-refractivity contribution in [3.05, 3.63) is 17.6 Å². The number of ether oxygens (including phenoxy) is 2. The molecule has 2 heterocycles. The fraction of sp³-hybridized carbons (Fsp3) is 0.615. The zero-order valence-corrected chi connectivity index (χ0v) is 11.9. The third-order valence-electron chi connectivity index (χ3n) is 2.98. The maximum Gasteiger partial charge on any atom is 0.270 e. The molecule has 0 aliphatic carbocycles. The molecule has 0 atom stereocenters. The molecule has 0 saturated carbocycles. The maximum absolute atomic E-state index is 12.0. The van der Waals surface area contributed by atoms with Crippen LogP contribution in [0.1, 0.15) is 16.3 Å². The summed E-state index contributed by atoms with van der Waals surface area (Å²) in [6, 6.07) is 1.72. The first-order valence-electron chi connectivity index (χ1n) is 6.66. The van der Waals surface area contributed by atoms with E-state index in [1.165, 1.54) is 0 Å². The predicted octanol–water partition coefficient (Wildman–Crippen LogP) is -0.00218. The number of aryl methyl sites for hydroxylation is 1. The van der Waals surface area contributed by atoms with Crippen molar-refractivity contribution < 1.29 is 14.3 Å². The Labute approximate surface area is 118 Å². The van der Waals surface area contributed by atoms with Gasteiger partial charge >= 0.3 is 0 Å². The summed E-state index contributed by atoms with van der Waals surface area (Å²) in [7, 11) is 1.59. The standard InChI is InChI=1S/C13H20N4O3/c1-10-15-11(13(18)14-3-6-19-2)9-12(16-10)17-4-7-20-8-5-17/h9H,3-8H2,1-2H3,(H,14,18). The van der Waals surface area contributed by atoms with Gasteiger partial charge in [0.1, 0.15) is 17.3 Å². The van der Waals surface area contributed by atoms with E-state index in [1.54, 1.807) is 20.1 Å². The first kappa shape index (κ1) is 14.7. The van der Waals surface area contributed by atoms with E-state index in [0.717, 1.165) is 18.9 Å². The minimum absolute atomic E-state index is 0.206. The number of amides is 1. The van der Waals surface area contributed by atoms with Crippen molar-refractivity contribution in [1.29, 1.82) is 0 Å². The fourth-order valence-electron chi connectivity index (χ4n) is 1.98. The molecule has 0 bridgehead atoms.